The maximum Gasteiger partial charge on any atom is 0.189 e. The monoisotopic (exact) mass is 526 g/mol. The lowest BCUT2D eigenvalue weighted by Gasteiger charge is -2.58. The molecule has 4 aliphatic rings. The first-order valence-corrected chi connectivity index (χ1v) is 15.8. The molecule has 1 aromatic rings. The molecule has 3 heteroatoms. The lowest BCUT2D eigenvalue weighted by Crippen LogP contribution is -2.51. The number of benzene rings is 1. The van der Waals surface area contributed by atoms with Crippen molar-refractivity contribution in [1.29, 1.82) is 0 Å². The molecular formula is C34H51ClO2. The van der Waals surface area contributed by atoms with Crippen molar-refractivity contribution in [3.63, 3.8) is 0 Å². The van der Waals surface area contributed by atoms with E-state index < -0.39 is 0 Å². The first-order valence-electron chi connectivity index (χ1n) is 15.4. The molecule has 0 unspecified atom stereocenters. The fraction of sp³-hybridized carbons (Fsp3) is 0.765. The van der Waals surface area contributed by atoms with Crippen LogP contribution in [-0.2, 0) is 4.74 Å². The molecule has 0 aromatic heterocycles. The van der Waals surface area contributed by atoms with Crippen molar-refractivity contribution in [1.82, 2.24) is 0 Å². The number of allylic oxidation sites excluding steroid dienone is 1. The highest BCUT2D eigenvalue weighted by Gasteiger charge is 2.59. The highest BCUT2D eigenvalue weighted by molar-refractivity contribution is 6.30. The molecule has 0 saturated heterocycles. The summed E-state index contributed by atoms with van der Waals surface area (Å²) in [5.74, 6) is 6.18. The molecule has 1 aromatic carbocycles. The van der Waals surface area contributed by atoms with Crippen LogP contribution in [0.25, 0.3) is 0 Å². The van der Waals surface area contributed by atoms with Gasteiger partial charge in [0.2, 0.25) is 0 Å². The van der Waals surface area contributed by atoms with E-state index in [0.29, 0.717) is 17.6 Å². The van der Waals surface area contributed by atoms with Gasteiger partial charge < -0.3 is 9.47 Å². The van der Waals surface area contributed by atoms with Crippen molar-refractivity contribution in [3.8, 4) is 5.75 Å². The standard InChI is InChI=1S/C34H51ClO2/c1-23(2)7-6-8-24(3)30-15-16-31-29-14-9-25-21-28(37-22-36-27-12-10-26(35)11-13-27)17-19-33(25,4)32(29)18-20-34(30,31)5/h9-13,23-24,28-32H,6-8,14-22H2,1-5H3/t24-,28+,29+,30+,31-,32+,33+,34-/m1/s1. The molecular weight excluding hydrogens is 476 g/mol. The predicted molar refractivity (Wildman–Crippen MR) is 155 cm³/mol. The molecule has 0 aliphatic heterocycles. The maximum atomic E-state index is 6.22. The van der Waals surface area contributed by atoms with Gasteiger partial charge in [-0.1, -0.05) is 77.1 Å². The third-order valence-electron chi connectivity index (χ3n) is 11.6. The Morgan fingerprint density at radius 1 is 0.946 bits per heavy atom. The fourth-order valence-electron chi connectivity index (χ4n) is 9.52. The van der Waals surface area contributed by atoms with Crippen LogP contribution in [0.3, 0.4) is 0 Å². The van der Waals surface area contributed by atoms with Crippen LogP contribution in [0.5, 0.6) is 5.75 Å². The maximum absolute atomic E-state index is 6.22. The van der Waals surface area contributed by atoms with Gasteiger partial charge in [-0.15, -0.1) is 0 Å². The summed E-state index contributed by atoms with van der Waals surface area (Å²) < 4.78 is 12.1. The lowest BCUT2D eigenvalue weighted by atomic mass is 9.47. The van der Waals surface area contributed by atoms with Crippen LogP contribution in [0.1, 0.15) is 105 Å². The average Bonchev–Trinajstić information content (AvgIpc) is 3.22. The minimum atomic E-state index is 0.277. The Hall–Kier alpha value is -0.990. The molecule has 8 atom stereocenters. The normalized spacial score (nSPS) is 37.9. The summed E-state index contributed by atoms with van der Waals surface area (Å²) in [6.07, 6.45) is 17.8. The van der Waals surface area contributed by atoms with Crippen molar-refractivity contribution >= 4 is 11.6 Å². The minimum absolute atomic E-state index is 0.277. The molecule has 2 nitrogen and oxygen atoms in total. The zero-order valence-electron chi connectivity index (χ0n) is 24.1. The molecule has 37 heavy (non-hydrogen) atoms. The van der Waals surface area contributed by atoms with E-state index in [4.69, 9.17) is 21.1 Å². The highest BCUT2D eigenvalue weighted by Crippen LogP contribution is 2.67. The highest BCUT2D eigenvalue weighted by atomic mass is 35.5. The molecule has 206 valence electrons. The van der Waals surface area contributed by atoms with E-state index >= 15 is 0 Å². The minimum Gasteiger partial charge on any atom is -0.468 e. The number of fused-ring (bicyclic) bond motifs is 5. The molecule has 0 heterocycles. The summed E-state index contributed by atoms with van der Waals surface area (Å²) in [4.78, 5) is 0. The Morgan fingerprint density at radius 3 is 2.49 bits per heavy atom. The van der Waals surface area contributed by atoms with Gasteiger partial charge in [-0.05, 0) is 122 Å². The topological polar surface area (TPSA) is 18.5 Å². The van der Waals surface area contributed by atoms with Crippen LogP contribution in [0.4, 0.5) is 0 Å². The summed E-state index contributed by atoms with van der Waals surface area (Å²) >= 11 is 5.99. The fourth-order valence-corrected chi connectivity index (χ4v) is 9.65. The average molecular weight is 527 g/mol. The Kier molecular flexibility index (Phi) is 8.38. The van der Waals surface area contributed by atoms with Gasteiger partial charge in [0.1, 0.15) is 5.75 Å². The molecule has 0 bridgehead atoms. The first-order chi connectivity index (χ1) is 17.7. The van der Waals surface area contributed by atoms with Crippen LogP contribution < -0.4 is 4.74 Å². The molecule has 0 radical (unpaired) electrons. The van der Waals surface area contributed by atoms with Crippen molar-refractivity contribution < 1.29 is 9.47 Å². The molecule has 0 spiro atoms. The Balaban J connectivity index is 1.19. The Morgan fingerprint density at radius 2 is 1.73 bits per heavy atom. The Bertz CT molecular complexity index is 938. The van der Waals surface area contributed by atoms with Crippen LogP contribution in [-0.4, -0.2) is 12.9 Å². The zero-order valence-corrected chi connectivity index (χ0v) is 24.9. The second kappa shape index (κ2) is 11.2. The van der Waals surface area contributed by atoms with Crippen LogP contribution in [0, 0.1) is 46.3 Å². The van der Waals surface area contributed by atoms with Gasteiger partial charge in [-0.3, -0.25) is 0 Å². The molecule has 3 fully saturated rings. The third-order valence-corrected chi connectivity index (χ3v) is 11.9. The van der Waals surface area contributed by atoms with Gasteiger partial charge in [-0.25, -0.2) is 0 Å². The molecule has 3 saturated carbocycles. The summed E-state index contributed by atoms with van der Waals surface area (Å²) in [5, 5.41) is 0.731. The SMILES string of the molecule is CC(C)CCC[C@@H](C)[C@@H]1CC[C@@H]2[C@@H]3CC=C4C[C@@H](OCOc5ccc(Cl)cc5)CC[C@]4(C)[C@H]3CC[C@@]21C. The summed E-state index contributed by atoms with van der Waals surface area (Å²) in [7, 11) is 0. The second-order valence-corrected chi connectivity index (χ2v) is 14.5. The van der Waals surface area contributed by atoms with Gasteiger partial charge in [-0.2, -0.15) is 0 Å². The number of hydrogen-bond acceptors (Lipinski definition) is 2. The zero-order chi connectivity index (χ0) is 26.2. The van der Waals surface area contributed by atoms with E-state index in [1.807, 2.05) is 24.3 Å². The van der Waals surface area contributed by atoms with Crippen molar-refractivity contribution in [3.05, 3.63) is 40.9 Å². The van der Waals surface area contributed by atoms with E-state index in [-0.39, 0.29) is 6.10 Å². The van der Waals surface area contributed by atoms with Crippen molar-refractivity contribution in [2.75, 3.05) is 6.79 Å². The molecule has 0 amide bonds. The molecule has 5 rings (SSSR count). The predicted octanol–water partition coefficient (Wildman–Crippen LogP) is 10.1. The number of halogens is 1. The lowest BCUT2D eigenvalue weighted by molar-refractivity contribution is -0.0814. The number of rotatable bonds is 9. The first kappa shape index (κ1) is 27.6. The number of ether oxygens (including phenoxy) is 2. The largest absolute Gasteiger partial charge is 0.468 e. The molecule has 0 N–H and O–H groups in total. The van der Waals surface area contributed by atoms with Gasteiger partial charge in [0.05, 0.1) is 6.10 Å². The second-order valence-electron chi connectivity index (χ2n) is 14.0. The van der Waals surface area contributed by atoms with E-state index in [9.17, 15) is 0 Å². The summed E-state index contributed by atoms with van der Waals surface area (Å²) in [6.45, 7) is 13.0. The third kappa shape index (κ3) is 5.54. The molecule has 4 aliphatic carbocycles. The van der Waals surface area contributed by atoms with Gasteiger partial charge in [0.15, 0.2) is 6.79 Å². The van der Waals surface area contributed by atoms with E-state index in [2.05, 4.69) is 40.7 Å². The van der Waals surface area contributed by atoms with E-state index in [1.165, 1.54) is 57.8 Å². The number of hydrogen-bond donors (Lipinski definition) is 0. The van der Waals surface area contributed by atoms with Crippen molar-refractivity contribution in [2.24, 2.45) is 46.3 Å². The van der Waals surface area contributed by atoms with E-state index in [0.717, 1.165) is 59.1 Å². The summed E-state index contributed by atoms with van der Waals surface area (Å²) in [5.41, 5.74) is 2.64. The van der Waals surface area contributed by atoms with Crippen molar-refractivity contribution in [2.45, 2.75) is 111 Å². The van der Waals surface area contributed by atoms with Crippen LogP contribution in [0.15, 0.2) is 35.9 Å². The van der Waals surface area contributed by atoms with E-state index in [1.54, 1.807) is 5.57 Å². The van der Waals surface area contributed by atoms with Gasteiger partial charge in [0.25, 0.3) is 0 Å². The van der Waals surface area contributed by atoms with Gasteiger partial charge >= 0.3 is 0 Å². The Labute approximate surface area is 231 Å². The van der Waals surface area contributed by atoms with Crippen LogP contribution in [0.2, 0.25) is 5.02 Å². The smallest absolute Gasteiger partial charge is 0.189 e. The quantitative estimate of drug-likeness (QED) is 0.235. The van der Waals surface area contributed by atoms with Crippen LogP contribution >= 0.6 is 11.6 Å². The summed E-state index contributed by atoms with van der Waals surface area (Å²) in [6, 6.07) is 7.54. The van der Waals surface area contributed by atoms with Gasteiger partial charge in [0, 0.05) is 5.02 Å².